The summed E-state index contributed by atoms with van der Waals surface area (Å²) in [6.45, 7) is 8.18. The van der Waals surface area contributed by atoms with Crippen LogP contribution in [-0.4, -0.2) is 4.98 Å². The number of nitrogens with zero attached hydrogens (tertiary/aromatic N) is 1. The van der Waals surface area contributed by atoms with Gasteiger partial charge in [0.1, 0.15) is 5.52 Å². The van der Waals surface area contributed by atoms with Gasteiger partial charge in [-0.1, -0.05) is 20.8 Å². The summed E-state index contributed by atoms with van der Waals surface area (Å²) < 4.78 is 14.5. The van der Waals surface area contributed by atoms with Gasteiger partial charge in [0.05, 0.1) is 9.71 Å². The number of fused-ring (bicyclic) bond motifs is 1. The molecule has 0 saturated heterocycles. The Balaban J connectivity index is 2.71. The molecule has 0 aliphatic rings. The summed E-state index contributed by atoms with van der Waals surface area (Å²) in [6.07, 6.45) is 0. The summed E-state index contributed by atoms with van der Waals surface area (Å²) >= 11 is 1.58. The van der Waals surface area contributed by atoms with E-state index in [1.807, 2.05) is 13.0 Å². The van der Waals surface area contributed by atoms with Crippen molar-refractivity contribution in [3.63, 3.8) is 0 Å². The van der Waals surface area contributed by atoms with Crippen LogP contribution in [0.25, 0.3) is 10.2 Å². The number of hydrogen-bond acceptors (Lipinski definition) is 2. The minimum Gasteiger partial charge on any atom is -0.238 e. The third kappa shape index (κ3) is 1.88. The van der Waals surface area contributed by atoms with Crippen LogP contribution >= 0.6 is 11.3 Å². The maximum Gasteiger partial charge on any atom is 0.150 e. The molecule has 1 nitrogen and oxygen atoms in total. The van der Waals surface area contributed by atoms with Gasteiger partial charge >= 0.3 is 0 Å². The smallest absolute Gasteiger partial charge is 0.150 e. The zero-order valence-electron chi connectivity index (χ0n) is 9.39. The van der Waals surface area contributed by atoms with E-state index in [1.165, 1.54) is 6.07 Å². The first-order chi connectivity index (χ1) is 6.88. The molecular formula is C12H14FNS. The summed E-state index contributed by atoms with van der Waals surface area (Å²) in [7, 11) is 0. The molecular weight excluding hydrogens is 209 g/mol. The van der Waals surface area contributed by atoms with E-state index in [9.17, 15) is 4.39 Å². The average molecular weight is 223 g/mol. The van der Waals surface area contributed by atoms with E-state index in [2.05, 4.69) is 25.8 Å². The van der Waals surface area contributed by atoms with Gasteiger partial charge in [0.25, 0.3) is 0 Å². The SMILES string of the molecule is Cc1cc(F)c2nc(C(C)(C)C)sc2c1. The lowest BCUT2D eigenvalue weighted by Gasteiger charge is -2.13. The number of halogens is 1. The first-order valence-electron chi connectivity index (χ1n) is 4.95. The molecule has 0 N–H and O–H groups in total. The number of rotatable bonds is 0. The Bertz CT molecular complexity index is 508. The Hall–Kier alpha value is -0.960. The first-order valence-corrected chi connectivity index (χ1v) is 5.77. The van der Waals surface area contributed by atoms with Crippen molar-refractivity contribution in [2.45, 2.75) is 33.1 Å². The largest absolute Gasteiger partial charge is 0.238 e. The van der Waals surface area contributed by atoms with Crippen LogP contribution in [0.4, 0.5) is 4.39 Å². The third-order valence-electron chi connectivity index (χ3n) is 2.23. The van der Waals surface area contributed by atoms with Crippen LogP contribution in [0, 0.1) is 12.7 Å². The van der Waals surface area contributed by atoms with Crippen molar-refractivity contribution >= 4 is 21.6 Å². The molecule has 0 spiro atoms. The summed E-state index contributed by atoms with van der Waals surface area (Å²) in [5.74, 6) is -0.211. The standard InChI is InChI=1S/C12H14FNS/c1-7-5-8(13)10-9(6-7)15-11(14-10)12(2,3)4/h5-6H,1-4H3. The van der Waals surface area contributed by atoms with Crippen molar-refractivity contribution in [3.8, 4) is 0 Å². The van der Waals surface area contributed by atoms with Crippen LogP contribution < -0.4 is 0 Å². The molecule has 0 aliphatic carbocycles. The molecule has 1 aromatic carbocycles. The van der Waals surface area contributed by atoms with E-state index < -0.39 is 0 Å². The number of thiazole rings is 1. The fraction of sp³-hybridized carbons (Fsp3) is 0.417. The van der Waals surface area contributed by atoms with Gasteiger partial charge in [0.15, 0.2) is 5.82 Å². The minimum atomic E-state index is -0.211. The van der Waals surface area contributed by atoms with Crippen LogP contribution in [0.3, 0.4) is 0 Å². The molecule has 80 valence electrons. The lowest BCUT2D eigenvalue weighted by atomic mass is 9.98. The maximum atomic E-state index is 13.6. The minimum absolute atomic E-state index is 0.00989. The molecule has 0 bridgehead atoms. The number of aromatic nitrogens is 1. The van der Waals surface area contributed by atoms with Gasteiger partial charge in [-0.3, -0.25) is 0 Å². The zero-order valence-corrected chi connectivity index (χ0v) is 10.2. The molecule has 0 radical (unpaired) electrons. The molecule has 0 aliphatic heterocycles. The van der Waals surface area contributed by atoms with Gasteiger partial charge < -0.3 is 0 Å². The average Bonchev–Trinajstić information content (AvgIpc) is 2.46. The Morgan fingerprint density at radius 1 is 1.27 bits per heavy atom. The van der Waals surface area contributed by atoms with Gasteiger partial charge in [-0.05, 0) is 24.6 Å². The van der Waals surface area contributed by atoms with Crippen molar-refractivity contribution in [3.05, 3.63) is 28.5 Å². The van der Waals surface area contributed by atoms with Crippen LogP contribution in [0.5, 0.6) is 0 Å². The number of hydrogen-bond donors (Lipinski definition) is 0. The highest BCUT2D eigenvalue weighted by molar-refractivity contribution is 7.18. The number of benzene rings is 1. The maximum absolute atomic E-state index is 13.6. The Morgan fingerprint density at radius 2 is 1.93 bits per heavy atom. The molecule has 0 fully saturated rings. The van der Waals surface area contributed by atoms with Crippen molar-refractivity contribution in [2.24, 2.45) is 0 Å². The van der Waals surface area contributed by atoms with E-state index in [0.717, 1.165) is 15.3 Å². The van der Waals surface area contributed by atoms with Gasteiger partial charge in [-0.2, -0.15) is 0 Å². The van der Waals surface area contributed by atoms with Crippen LogP contribution in [0.1, 0.15) is 31.3 Å². The monoisotopic (exact) mass is 223 g/mol. The molecule has 0 atom stereocenters. The highest BCUT2D eigenvalue weighted by atomic mass is 32.1. The van der Waals surface area contributed by atoms with Crippen molar-refractivity contribution in [1.82, 2.24) is 4.98 Å². The van der Waals surface area contributed by atoms with Crippen LogP contribution in [-0.2, 0) is 5.41 Å². The molecule has 0 saturated carbocycles. The Morgan fingerprint density at radius 3 is 2.53 bits per heavy atom. The van der Waals surface area contributed by atoms with Crippen LogP contribution in [0.2, 0.25) is 0 Å². The van der Waals surface area contributed by atoms with Crippen LogP contribution in [0.15, 0.2) is 12.1 Å². The second-order valence-corrected chi connectivity index (χ2v) is 5.89. The lowest BCUT2D eigenvalue weighted by Crippen LogP contribution is -2.09. The Kier molecular flexibility index (Phi) is 2.30. The molecule has 2 rings (SSSR count). The molecule has 0 unspecified atom stereocenters. The highest BCUT2D eigenvalue weighted by Gasteiger charge is 2.20. The normalized spacial score (nSPS) is 12.3. The van der Waals surface area contributed by atoms with E-state index in [1.54, 1.807) is 11.3 Å². The summed E-state index contributed by atoms with van der Waals surface area (Å²) in [5.41, 5.74) is 1.45. The summed E-state index contributed by atoms with van der Waals surface area (Å²) in [5, 5.41) is 0.988. The molecule has 1 heterocycles. The van der Waals surface area contributed by atoms with E-state index in [0.29, 0.717) is 5.52 Å². The van der Waals surface area contributed by atoms with Crippen molar-refractivity contribution in [2.75, 3.05) is 0 Å². The van der Waals surface area contributed by atoms with Gasteiger partial charge in [0.2, 0.25) is 0 Å². The fourth-order valence-electron chi connectivity index (χ4n) is 1.44. The van der Waals surface area contributed by atoms with E-state index in [4.69, 9.17) is 0 Å². The Labute approximate surface area is 93.0 Å². The highest BCUT2D eigenvalue weighted by Crippen LogP contribution is 2.32. The fourth-order valence-corrected chi connectivity index (χ4v) is 2.57. The van der Waals surface area contributed by atoms with Gasteiger partial charge in [-0.15, -0.1) is 11.3 Å². The first kappa shape index (κ1) is 10.6. The van der Waals surface area contributed by atoms with E-state index in [-0.39, 0.29) is 11.2 Å². The second-order valence-electron chi connectivity index (χ2n) is 4.86. The van der Waals surface area contributed by atoms with Crippen molar-refractivity contribution in [1.29, 1.82) is 0 Å². The molecule has 0 amide bonds. The zero-order chi connectivity index (χ0) is 11.2. The quantitative estimate of drug-likeness (QED) is 0.656. The molecule has 3 heteroatoms. The summed E-state index contributed by atoms with van der Waals surface area (Å²) in [4.78, 5) is 4.37. The molecule has 1 aromatic heterocycles. The number of aryl methyl sites for hydroxylation is 1. The lowest BCUT2D eigenvalue weighted by molar-refractivity contribution is 0.584. The topological polar surface area (TPSA) is 12.9 Å². The van der Waals surface area contributed by atoms with Crippen molar-refractivity contribution < 1.29 is 4.39 Å². The van der Waals surface area contributed by atoms with Gasteiger partial charge in [0, 0.05) is 5.41 Å². The second kappa shape index (κ2) is 3.27. The predicted molar refractivity (Wildman–Crippen MR) is 63.0 cm³/mol. The molecule has 15 heavy (non-hydrogen) atoms. The van der Waals surface area contributed by atoms with E-state index >= 15 is 0 Å². The predicted octanol–water partition coefficient (Wildman–Crippen LogP) is 4.04. The summed E-state index contributed by atoms with van der Waals surface area (Å²) in [6, 6.07) is 3.53. The third-order valence-corrected chi connectivity index (χ3v) is 3.66. The molecule has 2 aromatic rings. The van der Waals surface area contributed by atoms with Gasteiger partial charge in [-0.25, -0.2) is 9.37 Å².